The molecule has 5 rings (SSSR count). The van der Waals surface area contributed by atoms with Crippen molar-refractivity contribution in [3.8, 4) is 0 Å². The second-order valence-electron chi connectivity index (χ2n) is 7.87. The summed E-state index contributed by atoms with van der Waals surface area (Å²) in [5.74, 6) is 0.890. The molecule has 0 radical (unpaired) electrons. The number of morpholine rings is 1. The maximum atomic E-state index is 13.0. The number of carbonyl (C=O) groups is 2. The third-order valence-corrected chi connectivity index (χ3v) is 6.11. The van der Waals surface area contributed by atoms with Crippen molar-refractivity contribution in [3.63, 3.8) is 0 Å². The topological polar surface area (TPSA) is 81.2 Å². The summed E-state index contributed by atoms with van der Waals surface area (Å²) in [5, 5.41) is 0. The standard InChI is InChI=1S/C19H23N3O5/c23-16-9-27-19(11-22(16)13-2-1-3-20-6-13)10-21(4-5-25-12-19)18(24)17-14-7-26-8-15(14)17/h1-3,6,14-15,17H,4-5,7-12H2/t14-,15+,17?,19?. The minimum atomic E-state index is -0.712. The van der Waals surface area contributed by atoms with Gasteiger partial charge in [0.05, 0.1) is 51.4 Å². The Morgan fingerprint density at radius 2 is 2.07 bits per heavy atom. The van der Waals surface area contributed by atoms with E-state index in [0.29, 0.717) is 57.9 Å². The highest BCUT2D eigenvalue weighted by atomic mass is 16.6. The molecule has 144 valence electrons. The summed E-state index contributed by atoms with van der Waals surface area (Å²) in [7, 11) is 0. The first-order chi connectivity index (χ1) is 13.2. The van der Waals surface area contributed by atoms with Crippen molar-refractivity contribution in [3.05, 3.63) is 24.5 Å². The molecule has 2 amide bonds. The van der Waals surface area contributed by atoms with Crippen molar-refractivity contribution in [2.24, 2.45) is 17.8 Å². The first kappa shape index (κ1) is 17.1. The molecule has 4 atom stereocenters. The lowest BCUT2D eigenvalue weighted by atomic mass is 10.0. The van der Waals surface area contributed by atoms with E-state index in [1.54, 1.807) is 23.4 Å². The zero-order valence-corrected chi connectivity index (χ0v) is 15.1. The molecule has 4 fully saturated rings. The number of ether oxygens (including phenoxy) is 3. The molecule has 1 aliphatic carbocycles. The minimum absolute atomic E-state index is 0.0250. The van der Waals surface area contributed by atoms with Gasteiger partial charge in [0, 0.05) is 18.7 Å². The Kier molecular flexibility index (Phi) is 4.14. The van der Waals surface area contributed by atoms with Crippen molar-refractivity contribution >= 4 is 17.5 Å². The average Bonchev–Trinajstić information content (AvgIpc) is 3.26. The lowest BCUT2D eigenvalue weighted by Gasteiger charge is -2.43. The van der Waals surface area contributed by atoms with Crippen molar-refractivity contribution < 1.29 is 23.8 Å². The van der Waals surface area contributed by atoms with Crippen molar-refractivity contribution in [1.82, 2.24) is 9.88 Å². The number of carbonyl (C=O) groups excluding carboxylic acids is 2. The molecular formula is C19H23N3O5. The van der Waals surface area contributed by atoms with Gasteiger partial charge in [-0.1, -0.05) is 0 Å². The predicted octanol–water partition coefficient (Wildman–Crippen LogP) is -0.0652. The van der Waals surface area contributed by atoms with Crippen LogP contribution < -0.4 is 4.90 Å². The minimum Gasteiger partial charge on any atom is -0.381 e. The molecule has 1 spiro atoms. The van der Waals surface area contributed by atoms with E-state index in [-0.39, 0.29) is 24.3 Å². The van der Waals surface area contributed by atoms with E-state index in [9.17, 15) is 9.59 Å². The molecule has 0 N–H and O–H groups in total. The van der Waals surface area contributed by atoms with Crippen molar-refractivity contribution in [1.29, 1.82) is 0 Å². The summed E-state index contributed by atoms with van der Waals surface area (Å²) in [6, 6.07) is 3.66. The summed E-state index contributed by atoms with van der Waals surface area (Å²) in [4.78, 5) is 33.1. The van der Waals surface area contributed by atoms with Crippen LogP contribution in [0, 0.1) is 17.8 Å². The molecule has 1 saturated carbocycles. The van der Waals surface area contributed by atoms with Crippen LogP contribution in [0.3, 0.4) is 0 Å². The zero-order valence-electron chi connectivity index (χ0n) is 15.1. The van der Waals surface area contributed by atoms with Gasteiger partial charge in [-0.3, -0.25) is 14.6 Å². The van der Waals surface area contributed by atoms with E-state index in [4.69, 9.17) is 14.2 Å². The predicted molar refractivity (Wildman–Crippen MR) is 94.0 cm³/mol. The second-order valence-corrected chi connectivity index (χ2v) is 7.87. The Bertz CT molecular complexity index is 734. The summed E-state index contributed by atoms with van der Waals surface area (Å²) >= 11 is 0. The number of anilines is 1. The van der Waals surface area contributed by atoms with Crippen LogP contribution in [0.15, 0.2) is 24.5 Å². The fraction of sp³-hybridized carbons (Fsp3) is 0.632. The van der Waals surface area contributed by atoms with Gasteiger partial charge in [0.25, 0.3) is 5.91 Å². The largest absolute Gasteiger partial charge is 0.381 e. The Hall–Kier alpha value is -2.03. The molecule has 1 aromatic heterocycles. The van der Waals surface area contributed by atoms with E-state index >= 15 is 0 Å². The van der Waals surface area contributed by atoms with E-state index < -0.39 is 5.60 Å². The molecule has 4 aliphatic rings. The molecule has 8 heteroatoms. The number of amides is 2. The summed E-state index contributed by atoms with van der Waals surface area (Å²) < 4.78 is 17.2. The number of pyridine rings is 1. The SMILES string of the molecule is O=C(C1[C@H]2COC[C@@H]12)N1CCOCC2(C1)CN(c1cccnc1)C(=O)CO2. The smallest absolute Gasteiger partial charge is 0.253 e. The van der Waals surface area contributed by atoms with Crippen LogP contribution >= 0.6 is 0 Å². The Morgan fingerprint density at radius 1 is 1.22 bits per heavy atom. The number of rotatable bonds is 2. The first-order valence-electron chi connectivity index (χ1n) is 9.46. The number of hydrogen-bond acceptors (Lipinski definition) is 6. The number of hydrogen-bond donors (Lipinski definition) is 0. The molecule has 4 heterocycles. The highest BCUT2D eigenvalue weighted by Gasteiger charge is 2.59. The Balaban J connectivity index is 1.34. The van der Waals surface area contributed by atoms with Crippen LogP contribution in [0.1, 0.15) is 0 Å². The Morgan fingerprint density at radius 3 is 2.85 bits per heavy atom. The lowest BCUT2D eigenvalue weighted by molar-refractivity contribution is -0.150. The molecule has 3 saturated heterocycles. The van der Waals surface area contributed by atoms with Crippen LogP contribution in [-0.4, -0.2) is 80.0 Å². The first-order valence-corrected chi connectivity index (χ1v) is 9.46. The highest BCUT2D eigenvalue weighted by molar-refractivity contribution is 5.95. The maximum absolute atomic E-state index is 13.0. The van der Waals surface area contributed by atoms with E-state index in [2.05, 4.69) is 4.98 Å². The fourth-order valence-electron chi connectivity index (χ4n) is 4.56. The fourth-order valence-corrected chi connectivity index (χ4v) is 4.56. The number of nitrogens with zero attached hydrogens (tertiary/aromatic N) is 3. The van der Waals surface area contributed by atoms with Gasteiger partial charge in [-0.15, -0.1) is 0 Å². The van der Waals surface area contributed by atoms with Crippen molar-refractivity contribution in [2.45, 2.75) is 5.60 Å². The molecule has 3 aliphatic heterocycles. The lowest BCUT2D eigenvalue weighted by Crippen LogP contribution is -2.61. The van der Waals surface area contributed by atoms with Gasteiger partial charge in [-0.2, -0.15) is 0 Å². The van der Waals surface area contributed by atoms with Gasteiger partial charge in [0.15, 0.2) is 0 Å². The van der Waals surface area contributed by atoms with Gasteiger partial charge in [-0.25, -0.2) is 0 Å². The van der Waals surface area contributed by atoms with Gasteiger partial charge in [-0.05, 0) is 24.0 Å². The van der Waals surface area contributed by atoms with Gasteiger partial charge in [0.1, 0.15) is 12.2 Å². The van der Waals surface area contributed by atoms with Crippen LogP contribution in [0.4, 0.5) is 5.69 Å². The van der Waals surface area contributed by atoms with Gasteiger partial charge < -0.3 is 24.0 Å². The van der Waals surface area contributed by atoms with Crippen LogP contribution in [-0.2, 0) is 23.8 Å². The summed E-state index contributed by atoms with van der Waals surface area (Å²) in [6.07, 6.45) is 3.35. The molecule has 2 unspecified atom stereocenters. The second kappa shape index (κ2) is 6.54. The molecular weight excluding hydrogens is 350 g/mol. The van der Waals surface area contributed by atoms with E-state index in [1.165, 1.54) is 0 Å². The third kappa shape index (κ3) is 3.01. The number of aromatic nitrogens is 1. The molecule has 0 bridgehead atoms. The normalized spacial score (nSPS) is 35.9. The highest BCUT2D eigenvalue weighted by Crippen LogP contribution is 2.51. The van der Waals surface area contributed by atoms with Crippen LogP contribution in [0.2, 0.25) is 0 Å². The van der Waals surface area contributed by atoms with E-state index in [1.807, 2.05) is 11.0 Å². The summed E-state index contributed by atoms with van der Waals surface area (Å²) in [5.41, 5.74) is 0.0253. The third-order valence-electron chi connectivity index (χ3n) is 6.11. The average molecular weight is 373 g/mol. The molecule has 27 heavy (non-hydrogen) atoms. The Labute approximate surface area is 157 Å². The van der Waals surface area contributed by atoms with Crippen LogP contribution in [0.25, 0.3) is 0 Å². The van der Waals surface area contributed by atoms with Crippen molar-refractivity contribution in [2.75, 3.05) is 57.6 Å². The number of fused-ring (bicyclic) bond motifs is 1. The van der Waals surface area contributed by atoms with Gasteiger partial charge in [0.2, 0.25) is 5.91 Å². The quantitative estimate of drug-likeness (QED) is 0.722. The molecule has 1 aromatic rings. The van der Waals surface area contributed by atoms with E-state index in [0.717, 1.165) is 5.69 Å². The molecule has 0 aromatic carbocycles. The molecule has 8 nitrogen and oxygen atoms in total. The summed E-state index contributed by atoms with van der Waals surface area (Å²) in [6.45, 7) is 3.55. The van der Waals surface area contributed by atoms with Crippen LogP contribution in [0.5, 0.6) is 0 Å². The monoisotopic (exact) mass is 373 g/mol. The van der Waals surface area contributed by atoms with Gasteiger partial charge >= 0.3 is 0 Å². The zero-order chi connectivity index (χ0) is 18.4. The maximum Gasteiger partial charge on any atom is 0.253 e.